The van der Waals surface area contributed by atoms with E-state index in [0.717, 1.165) is 51.3 Å². The second kappa shape index (κ2) is 13.6. The lowest BCUT2D eigenvalue weighted by Gasteiger charge is -2.26. The van der Waals surface area contributed by atoms with Gasteiger partial charge < -0.3 is 15.4 Å². The summed E-state index contributed by atoms with van der Waals surface area (Å²) in [6.07, 6.45) is 3.59. The van der Waals surface area contributed by atoms with Gasteiger partial charge in [-0.3, -0.25) is 9.89 Å². The van der Waals surface area contributed by atoms with Gasteiger partial charge in [0.25, 0.3) is 0 Å². The van der Waals surface area contributed by atoms with Gasteiger partial charge in [0.05, 0.1) is 13.2 Å². The summed E-state index contributed by atoms with van der Waals surface area (Å²) in [7, 11) is 1.83. The van der Waals surface area contributed by atoms with Gasteiger partial charge in [-0.1, -0.05) is 13.8 Å². The molecule has 0 atom stereocenters. The van der Waals surface area contributed by atoms with E-state index in [2.05, 4.69) is 34.4 Å². The first kappa shape index (κ1) is 20.9. The zero-order chi connectivity index (χ0) is 14.6. The number of guanidine groups is 1. The number of morpholine rings is 1. The van der Waals surface area contributed by atoms with Crippen molar-refractivity contribution in [3.63, 3.8) is 0 Å². The molecule has 1 saturated heterocycles. The first-order valence-electron chi connectivity index (χ1n) is 7.97. The van der Waals surface area contributed by atoms with E-state index in [-0.39, 0.29) is 24.0 Å². The Kier molecular flexibility index (Phi) is 13.5. The largest absolute Gasteiger partial charge is 0.379 e. The second-order valence-electron chi connectivity index (χ2n) is 5.77. The molecule has 1 heterocycles. The van der Waals surface area contributed by atoms with E-state index >= 15 is 0 Å². The highest BCUT2D eigenvalue weighted by Crippen LogP contribution is 1.99. The first-order chi connectivity index (χ1) is 9.72. The monoisotopic (exact) mass is 412 g/mol. The summed E-state index contributed by atoms with van der Waals surface area (Å²) < 4.78 is 5.35. The third kappa shape index (κ3) is 11.2. The van der Waals surface area contributed by atoms with Gasteiger partial charge in [-0.05, 0) is 31.7 Å². The van der Waals surface area contributed by atoms with Crippen LogP contribution in [0.5, 0.6) is 0 Å². The maximum Gasteiger partial charge on any atom is 0.190 e. The zero-order valence-electron chi connectivity index (χ0n) is 13.9. The minimum absolute atomic E-state index is 0. The van der Waals surface area contributed by atoms with Crippen molar-refractivity contribution >= 4 is 29.9 Å². The van der Waals surface area contributed by atoms with Crippen molar-refractivity contribution in [1.82, 2.24) is 15.5 Å². The molecule has 0 radical (unpaired) electrons. The van der Waals surface area contributed by atoms with Gasteiger partial charge in [0, 0.05) is 33.2 Å². The molecule has 0 aromatic heterocycles. The lowest BCUT2D eigenvalue weighted by Crippen LogP contribution is -2.39. The highest BCUT2D eigenvalue weighted by Gasteiger charge is 2.08. The number of aliphatic imine (C=N–C) groups is 1. The Labute approximate surface area is 147 Å². The van der Waals surface area contributed by atoms with Gasteiger partial charge in [-0.15, -0.1) is 24.0 Å². The van der Waals surface area contributed by atoms with Crippen LogP contribution < -0.4 is 10.6 Å². The van der Waals surface area contributed by atoms with E-state index in [1.165, 1.54) is 25.8 Å². The average Bonchev–Trinajstić information content (AvgIpc) is 2.46. The molecule has 0 aliphatic carbocycles. The second-order valence-corrected chi connectivity index (χ2v) is 5.77. The third-order valence-electron chi connectivity index (χ3n) is 3.54. The lowest BCUT2D eigenvalue weighted by atomic mass is 10.1. The van der Waals surface area contributed by atoms with Crippen LogP contribution in [0.4, 0.5) is 0 Å². The molecule has 1 rings (SSSR count). The number of nitrogens with one attached hydrogen (secondary N) is 2. The smallest absolute Gasteiger partial charge is 0.190 e. The molecule has 0 aromatic carbocycles. The molecule has 21 heavy (non-hydrogen) atoms. The Morgan fingerprint density at radius 2 is 1.81 bits per heavy atom. The molecule has 0 amide bonds. The van der Waals surface area contributed by atoms with E-state index in [9.17, 15) is 0 Å². The van der Waals surface area contributed by atoms with Crippen LogP contribution in [0.15, 0.2) is 4.99 Å². The SMILES string of the molecule is CN=C(NCCCCN1CCOCC1)NCCC(C)C.I. The Bertz CT molecular complexity index is 268. The molecule has 126 valence electrons. The van der Waals surface area contributed by atoms with Crippen LogP contribution >= 0.6 is 24.0 Å². The number of nitrogens with zero attached hydrogens (tertiary/aromatic N) is 2. The predicted octanol–water partition coefficient (Wildman–Crippen LogP) is 1.93. The van der Waals surface area contributed by atoms with Crippen molar-refractivity contribution in [3.8, 4) is 0 Å². The molecule has 0 unspecified atom stereocenters. The topological polar surface area (TPSA) is 48.9 Å². The van der Waals surface area contributed by atoms with Crippen molar-refractivity contribution in [2.24, 2.45) is 10.9 Å². The van der Waals surface area contributed by atoms with Gasteiger partial charge in [-0.25, -0.2) is 0 Å². The van der Waals surface area contributed by atoms with Crippen LogP contribution in [-0.2, 0) is 4.74 Å². The third-order valence-corrected chi connectivity index (χ3v) is 3.54. The minimum atomic E-state index is 0. The van der Waals surface area contributed by atoms with Crippen LogP contribution in [0, 0.1) is 5.92 Å². The van der Waals surface area contributed by atoms with E-state index in [1.807, 2.05) is 7.05 Å². The quantitative estimate of drug-likeness (QED) is 0.277. The Balaban J connectivity index is 0.00000400. The van der Waals surface area contributed by atoms with Gasteiger partial charge in [0.1, 0.15) is 0 Å². The average molecular weight is 412 g/mol. The molecule has 1 aliphatic heterocycles. The highest BCUT2D eigenvalue weighted by molar-refractivity contribution is 14.0. The van der Waals surface area contributed by atoms with E-state index in [4.69, 9.17) is 4.74 Å². The first-order valence-corrected chi connectivity index (χ1v) is 7.97. The zero-order valence-corrected chi connectivity index (χ0v) is 16.2. The number of hydrogen-bond donors (Lipinski definition) is 2. The van der Waals surface area contributed by atoms with Crippen LogP contribution in [-0.4, -0.2) is 63.8 Å². The molecule has 0 aromatic rings. The molecule has 1 fully saturated rings. The number of hydrogen-bond acceptors (Lipinski definition) is 3. The van der Waals surface area contributed by atoms with Gasteiger partial charge >= 0.3 is 0 Å². The van der Waals surface area contributed by atoms with Gasteiger partial charge in [-0.2, -0.15) is 0 Å². The van der Waals surface area contributed by atoms with Gasteiger partial charge in [0.15, 0.2) is 5.96 Å². The maximum atomic E-state index is 5.35. The number of unbranched alkanes of at least 4 members (excludes halogenated alkanes) is 1. The van der Waals surface area contributed by atoms with Crippen molar-refractivity contribution in [2.75, 3.05) is 53.0 Å². The van der Waals surface area contributed by atoms with Gasteiger partial charge in [0.2, 0.25) is 0 Å². The summed E-state index contributed by atoms with van der Waals surface area (Å²) in [6.45, 7) is 11.6. The van der Waals surface area contributed by atoms with Crippen LogP contribution in [0.25, 0.3) is 0 Å². The number of rotatable bonds is 8. The molecule has 0 saturated carbocycles. The summed E-state index contributed by atoms with van der Waals surface area (Å²) in [5, 5.41) is 6.73. The van der Waals surface area contributed by atoms with E-state index < -0.39 is 0 Å². The Hall–Kier alpha value is -0.0800. The van der Waals surface area contributed by atoms with Crippen LogP contribution in [0.2, 0.25) is 0 Å². The Morgan fingerprint density at radius 3 is 2.43 bits per heavy atom. The summed E-state index contributed by atoms with van der Waals surface area (Å²) in [6, 6.07) is 0. The molecular formula is C15H33IN4O. The molecule has 5 nitrogen and oxygen atoms in total. The highest BCUT2D eigenvalue weighted by atomic mass is 127. The normalized spacial score (nSPS) is 16.7. The van der Waals surface area contributed by atoms with Crippen LogP contribution in [0.3, 0.4) is 0 Å². The fourth-order valence-corrected chi connectivity index (χ4v) is 2.19. The fourth-order valence-electron chi connectivity index (χ4n) is 2.19. The van der Waals surface area contributed by atoms with Crippen molar-refractivity contribution in [1.29, 1.82) is 0 Å². The summed E-state index contributed by atoms with van der Waals surface area (Å²) in [5.41, 5.74) is 0. The molecule has 1 aliphatic rings. The molecule has 2 N–H and O–H groups in total. The summed E-state index contributed by atoms with van der Waals surface area (Å²) in [4.78, 5) is 6.73. The van der Waals surface area contributed by atoms with Crippen molar-refractivity contribution in [2.45, 2.75) is 33.1 Å². The summed E-state index contributed by atoms with van der Waals surface area (Å²) in [5.74, 6) is 1.66. The Morgan fingerprint density at radius 1 is 1.14 bits per heavy atom. The molecule has 6 heteroatoms. The lowest BCUT2D eigenvalue weighted by molar-refractivity contribution is 0.0372. The van der Waals surface area contributed by atoms with E-state index in [1.54, 1.807) is 0 Å². The molecular weight excluding hydrogens is 379 g/mol. The van der Waals surface area contributed by atoms with Crippen molar-refractivity contribution in [3.05, 3.63) is 0 Å². The standard InChI is InChI=1S/C15H32N4O.HI/c1-14(2)6-8-18-15(16-3)17-7-4-5-9-19-10-12-20-13-11-19;/h14H,4-13H2,1-3H3,(H2,16,17,18);1H. The van der Waals surface area contributed by atoms with Crippen LogP contribution in [0.1, 0.15) is 33.1 Å². The predicted molar refractivity (Wildman–Crippen MR) is 101 cm³/mol. The fraction of sp³-hybridized carbons (Fsp3) is 0.933. The minimum Gasteiger partial charge on any atom is -0.379 e. The van der Waals surface area contributed by atoms with E-state index in [0.29, 0.717) is 0 Å². The maximum absolute atomic E-state index is 5.35. The summed E-state index contributed by atoms with van der Waals surface area (Å²) >= 11 is 0. The molecule has 0 spiro atoms. The number of ether oxygens (including phenoxy) is 1. The van der Waals surface area contributed by atoms with Crippen molar-refractivity contribution < 1.29 is 4.74 Å². The molecule has 0 bridgehead atoms. The number of halogens is 1.